The van der Waals surface area contributed by atoms with Crippen LogP contribution in [0.15, 0.2) is 60.7 Å². The summed E-state index contributed by atoms with van der Waals surface area (Å²) in [4.78, 5) is 12.6. The molecule has 0 saturated carbocycles. The predicted octanol–water partition coefficient (Wildman–Crippen LogP) is 3.83. The van der Waals surface area contributed by atoms with E-state index in [-0.39, 0.29) is 12.5 Å². The van der Waals surface area contributed by atoms with Gasteiger partial charge in [0.05, 0.1) is 11.4 Å². The molecule has 1 unspecified atom stereocenters. The number of amides is 1. The number of ether oxygens (including phenoxy) is 2. The zero-order valence-corrected chi connectivity index (χ0v) is 15.9. The Kier molecular flexibility index (Phi) is 4.20. The molecule has 1 amide bonds. The number of nitrogens with zero attached hydrogens (tertiary/aromatic N) is 2. The molecule has 2 N–H and O–H groups in total. The Morgan fingerprint density at radius 2 is 1.97 bits per heavy atom. The summed E-state index contributed by atoms with van der Waals surface area (Å²) in [6.45, 7) is 3.09. The molecule has 0 aliphatic carbocycles. The topological polar surface area (TPSA) is 81.2 Å². The molecule has 2 aromatic heterocycles. The van der Waals surface area contributed by atoms with Crippen LogP contribution in [0.5, 0.6) is 11.5 Å². The van der Waals surface area contributed by atoms with Crippen LogP contribution in [0, 0.1) is 0 Å². The molecule has 5 rings (SSSR count). The smallest absolute Gasteiger partial charge is 0.270 e. The molecule has 7 heteroatoms. The Morgan fingerprint density at radius 1 is 1.17 bits per heavy atom. The van der Waals surface area contributed by atoms with Gasteiger partial charge in [-0.2, -0.15) is 5.10 Å². The molecule has 1 atom stereocenters. The molecule has 0 saturated heterocycles. The number of hydrogen-bond donors (Lipinski definition) is 2. The largest absolute Gasteiger partial charge is 0.485 e. The van der Waals surface area contributed by atoms with Crippen LogP contribution in [-0.2, 0) is 11.3 Å². The van der Waals surface area contributed by atoms with Crippen LogP contribution in [0.25, 0.3) is 22.3 Å². The molecule has 4 aromatic rings. The van der Waals surface area contributed by atoms with E-state index in [9.17, 15) is 4.79 Å². The second kappa shape index (κ2) is 7.01. The van der Waals surface area contributed by atoms with Crippen LogP contribution in [0.3, 0.4) is 0 Å². The first-order valence-electron chi connectivity index (χ1n) is 9.56. The first-order chi connectivity index (χ1) is 14.2. The number of aromatic amines is 1. The molecule has 1 aliphatic rings. The number of para-hydroxylation sites is 3. The van der Waals surface area contributed by atoms with Gasteiger partial charge in [-0.3, -0.25) is 9.89 Å². The number of benzene rings is 2. The van der Waals surface area contributed by atoms with Gasteiger partial charge in [0.15, 0.2) is 17.3 Å². The van der Waals surface area contributed by atoms with E-state index in [0.29, 0.717) is 17.3 Å². The number of carbonyl (C=O) groups excluding carboxylic acids is 1. The van der Waals surface area contributed by atoms with Crippen molar-refractivity contribution in [2.75, 3.05) is 11.9 Å². The third kappa shape index (κ3) is 3.10. The fraction of sp³-hybridized carbons (Fsp3) is 0.182. The fourth-order valence-electron chi connectivity index (χ4n) is 3.65. The molecule has 1 aliphatic heterocycles. The van der Waals surface area contributed by atoms with Gasteiger partial charge in [0.2, 0.25) is 6.10 Å². The molecule has 29 heavy (non-hydrogen) atoms. The summed E-state index contributed by atoms with van der Waals surface area (Å²) in [6, 6.07) is 19.5. The maximum Gasteiger partial charge on any atom is 0.270 e. The van der Waals surface area contributed by atoms with Crippen molar-refractivity contribution in [2.24, 2.45) is 0 Å². The highest BCUT2D eigenvalue weighted by molar-refractivity contribution is 5.94. The Bertz CT molecular complexity index is 1190. The first kappa shape index (κ1) is 17.4. The Morgan fingerprint density at radius 3 is 2.83 bits per heavy atom. The zero-order valence-electron chi connectivity index (χ0n) is 15.9. The third-order valence-electron chi connectivity index (χ3n) is 5.03. The van der Waals surface area contributed by atoms with Crippen LogP contribution in [0.2, 0.25) is 0 Å². The number of aryl methyl sites for hydroxylation is 1. The fourth-order valence-corrected chi connectivity index (χ4v) is 3.65. The van der Waals surface area contributed by atoms with Gasteiger partial charge in [-0.15, -0.1) is 0 Å². The molecule has 0 bridgehead atoms. The number of fused-ring (bicyclic) bond motifs is 2. The monoisotopic (exact) mass is 388 g/mol. The number of aromatic nitrogens is 3. The van der Waals surface area contributed by atoms with E-state index >= 15 is 0 Å². The standard InChI is InChI=1S/C22H20N4O3/c1-2-26-16-8-4-3-7-14(16)11-17(26)15-12-21(25-24-15)23-22(27)20-13-28-18-9-5-6-10-19(18)29-20/h3-12,20H,2,13H2,1H3,(H2,23,24,25,27). The summed E-state index contributed by atoms with van der Waals surface area (Å²) >= 11 is 0. The highest BCUT2D eigenvalue weighted by Crippen LogP contribution is 2.31. The molecule has 7 nitrogen and oxygen atoms in total. The number of anilines is 1. The van der Waals surface area contributed by atoms with E-state index in [2.05, 4.69) is 45.2 Å². The Balaban J connectivity index is 1.35. The highest BCUT2D eigenvalue weighted by atomic mass is 16.6. The lowest BCUT2D eigenvalue weighted by Gasteiger charge is -2.25. The maximum atomic E-state index is 12.6. The van der Waals surface area contributed by atoms with E-state index in [4.69, 9.17) is 9.47 Å². The number of nitrogens with one attached hydrogen (secondary N) is 2. The minimum atomic E-state index is -0.729. The van der Waals surface area contributed by atoms with E-state index in [0.717, 1.165) is 28.8 Å². The van der Waals surface area contributed by atoms with Gasteiger partial charge in [0.1, 0.15) is 6.61 Å². The van der Waals surface area contributed by atoms with E-state index < -0.39 is 6.10 Å². The Hall–Kier alpha value is -3.74. The highest BCUT2D eigenvalue weighted by Gasteiger charge is 2.28. The van der Waals surface area contributed by atoms with Gasteiger partial charge in [-0.05, 0) is 31.2 Å². The predicted molar refractivity (Wildman–Crippen MR) is 110 cm³/mol. The lowest BCUT2D eigenvalue weighted by molar-refractivity contribution is -0.125. The summed E-state index contributed by atoms with van der Waals surface area (Å²) in [5.41, 5.74) is 3.02. The Labute approximate surface area is 167 Å². The average molecular weight is 388 g/mol. The zero-order chi connectivity index (χ0) is 19.8. The molecule has 0 fully saturated rings. The summed E-state index contributed by atoms with van der Waals surface area (Å²) in [5, 5.41) is 11.2. The van der Waals surface area contributed by atoms with Gasteiger partial charge in [-0.25, -0.2) is 0 Å². The van der Waals surface area contributed by atoms with Crippen molar-refractivity contribution in [1.82, 2.24) is 14.8 Å². The second-order valence-corrected chi connectivity index (χ2v) is 6.85. The average Bonchev–Trinajstić information content (AvgIpc) is 3.37. The SMILES string of the molecule is CCn1c(-c2cc(NC(=O)C3COc4ccccc4O3)n[nH]2)cc2ccccc21. The minimum absolute atomic E-state index is 0.157. The lowest BCUT2D eigenvalue weighted by Crippen LogP contribution is -2.40. The quantitative estimate of drug-likeness (QED) is 0.557. The van der Waals surface area contributed by atoms with Crippen molar-refractivity contribution in [1.29, 1.82) is 0 Å². The molecular weight excluding hydrogens is 368 g/mol. The number of H-pyrrole nitrogens is 1. The third-order valence-corrected chi connectivity index (χ3v) is 5.03. The summed E-state index contributed by atoms with van der Waals surface area (Å²) in [6.07, 6.45) is -0.729. The minimum Gasteiger partial charge on any atom is -0.485 e. The van der Waals surface area contributed by atoms with E-state index in [1.807, 2.05) is 36.4 Å². The van der Waals surface area contributed by atoms with Crippen molar-refractivity contribution in [2.45, 2.75) is 19.6 Å². The lowest BCUT2D eigenvalue weighted by atomic mass is 10.2. The second-order valence-electron chi connectivity index (χ2n) is 6.85. The van der Waals surface area contributed by atoms with Crippen LogP contribution in [-0.4, -0.2) is 33.4 Å². The molecule has 0 spiro atoms. The van der Waals surface area contributed by atoms with E-state index in [1.165, 1.54) is 0 Å². The molecule has 0 radical (unpaired) electrons. The van der Waals surface area contributed by atoms with Crippen LogP contribution in [0.4, 0.5) is 5.82 Å². The van der Waals surface area contributed by atoms with Crippen molar-refractivity contribution < 1.29 is 14.3 Å². The van der Waals surface area contributed by atoms with Crippen LogP contribution in [0.1, 0.15) is 6.92 Å². The number of rotatable bonds is 4. The van der Waals surface area contributed by atoms with Crippen molar-refractivity contribution in [3.63, 3.8) is 0 Å². The summed E-state index contributed by atoms with van der Waals surface area (Å²) < 4.78 is 13.6. The summed E-state index contributed by atoms with van der Waals surface area (Å²) in [5.74, 6) is 1.36. The molecular formula is C22H20N4O3. The normalized spacial score (nSPS) is 15.4. The summed E-state index contributed by atoms with van der Waals surface area (Å²) in [7, 11) is 0. The van der Waals surface area contributed by atoms with Gasteiger partial charge in [0, 0.05) is 23.5 Å². The van der Waals surface area contributed by atoms with Gasteiger partial charge < -0.3 is 19.4 Å². The van der Waals surface area contributed by atoms with Crippen molar-refractivity contribution in [3.05, 3.63) is 60.7 Å². The molecule has 3 heterocycles. The van der Waals surface area contributed by atoms with Gasteiger partial charge >= 0.3 is 0 Å². The van der Waals surface area contributed by atoms with Crippen molar-refractivity contribution in [3.8, 4) is 22.9 Å². The number of hydrogen-bond acceptors (Lipinski definition) is 4. The van der Waals surface area contributed by atoms with Gasteiger partial charge in [-0.1, -0.05) is 30.3 Å². The van der Waals surface area contributed by atoms with Crippen LogP contribution < -0.4 is 14.8 Å². The van der Waals surface area contributed by atoms with E-state index in [1.54, 1.807) is 6.07 Å². The van der Waals surface area contributed by atoms with Gasteiger partial charge in [0.25, 0.3) is 5.91 Å². The van der Waals surface area contributed by atoms with Crippen LogP contribution >= 0.6 is 0 Å². The number of carbonyl (C=O) groups is 1. The van der Waals surface area contributed by atoms with Crippen molar-refractivity contribution >= 4 is 22.6 Å². The molecule has 146 valence electrons. The molecule has 2 aromatic carbocycles. The first-order valence-corrected chi connectivity index (χ1v) is 9.56. The maximum absolute atomic E-state index is 12.6.